The fourth-order valence-electron chi connectivity index (χ4n) is 2.56. The first kappa shape index (κ1) is 9.44. The van der Waals surface area contributed by atoms with Gasteiger partial charge in [-0.1, -0.05) is 12.1 Å². The molecule has 0 saturated heterocycles. The first-order chi connectivity index (χ1) is 7.79. The lowest BCUT2D eigenvalue weighted by Gasteiger charge is -2.17. The van der Waals surface area contributed by atoms with Gasteiger partial charge < -0.3 is 10.7 Å². The number of H-pyrrole nitrogens is 1. The highest BCUT2D eigenvalue weighted by Gasteiger charge is 2.20. The highest BCUT2D eigenvalue weighted by molar-refractivity contribution is 5.89. The van der Waals surface area contributed by atoms with Crippen LogP contribution in [-0.4, -0.2) is 11.0 Å². The van der Waals surface area contributed by atoms with Gasteiger partial charge in [0.2, 0.25) is 0 Å². The molecule has 1 unspecified atom stereocenters. The molecule has 0 spiro atoms. The molecule has 2 aromatic rings. The van der Waals surface area contributed by atoms with Crippen LogP contribution in [0.5, 0.6) is 0 Å². The van der Waals surface area contributed by atoms with Gasteiger partial charge in [-0.15, -0.1) is 0 Å². The molecule has 1 atom stereocenters. The van der Waals surface area contributed by atoms with E-state index in [2.05, 4.69) is 17.1 Å². The molecule has 0 radical (unpaired) electrons. The van der Waals surface area contributed by atoms with Crippen LogP contribution in [0.25, 0.3) is 10.9 Å². The number of benzene rings is 1. The van der Waals surface area contributed by atoms with Crippen molar-refractivity contribution in [1.29, 1.82) is 5.26 Å². The molecule has 0 saturated carbocycles. The van der Waals surface area contributed by atoms with Crippen molar-refractivity contribution in [2.24, 2.45) is 5.73 Å². The van der Waals surface area contributed by atoms with Crippen molar-refractivity contribution in [2.75, 3.05) is 0 Å². The van der Waals surface area contributed by atoms with E-state index in [1.807, 2.05) is 12.1 Å². The number of nitrogens with one attached hydrogen (secondary N) is 1. The van der Waals surface area contributed by atoms with E-state index >= 15 is 0 Å². The third kappa shape index (κ3) is 1.24. The number of hydrogen-bond donors (Lipinski definition) is 2. The van der Waals surface area contributed by atoms with Crippen molar-refractivity contribution < 1.29 is 0 Å². The van der Waals surface area contributed by atoms with Crippen LogP contribution >= 0.6 is 0 Å². The van der Waals surface area contributed by atoms with Crippen molar-refractivity contribution in [3.63, 3.8) is 0 Å². The molecule has 0 bridgehead atoms. The number of nitrogens with zero attached hydrogens (tertiary/aromatic N) is 1. The lowest BCUT2D eigenvalue weighted by atomic mass is 9.92. The number of aromatic amines is 1. The molecular formula is C13H13N3. The van der Waals surface area contributed by atoms with E-state index in [-0.39, 0.29) is 6.04 Å². The maximum Gasteiger partial charge on any atom is 0.101 e. The Bertz CT molecular complexity index is 589. The first-order valence-electron chi connectivity index (χ1n) is 5.57. The van der Waals surface area contributed by atoms with Gasteiger partial charge >= 0.3 is 0 Å². The monoisotopic (exact) mass is 211 g/mol. The summed E-state index contributed by atoms with van der Waals surface area (Å²) >= 11 is 0. The second-order valence-electron chi connectivity index (χ2n) is 4.42. The van der Waals surface area contributed by atoms with E-state index in [1.165, 1.54) is 16.6 Å². The van der Waals surface area contributed by atoms with E-state index in [4.69, 9.17) is 11.0 Å². The van der Waals surface area contributed by atoms with Gasteiger partial charge in [-0.2, -0.15) is 5.26 Å². The van der Waals surface area contributed by atoms with Crippen molar-refractivity contribution in [2.45, 2.75) is 25.3 Å². The summed E-state index contributed by atoms with van der Waals surface area (Å²) in [4.78, 5) is 3.38. The number of aromatic nitrogens is 1. The lowest BCUT2D eigenvalue weighted by molar-refractivity contribution is 0.574. The standard InChI is InChI=1S/C13H13N3/c14-7-8-2-1-3-10-11-6-9(15)4-5-12(11)16-13(8)10/h1-3,9,16H,4-6,15H2. The summed E-state index contributed by atoms with van der Waals surface area (Å²) in [5.74, 6) is 0. The Morgan fingerprint density at radius 1 is 1.44 bits per heavy atom. The number of fused-ring (bicyclic) bond motifs is 3. The molecule has 3 nitrogen and oxygen atoms in total. The maximum atomic E-state index is 9.05. The van der Waals surface area contributed by atoms with E-state index in [1.54, 1.807) is 0 Å². The van der Waals surface area contributed by atoms with Gasteiger partial charge in [-0.25, -0.2) is 0 Å². The summed E-state index contributed by atoms with van der Waals surface area (Å²) in [6, 6.07) is 8.35. The van der Waals surface area contributed by atoms with Gasteiger partial charge in [0, 0.05) is 17.1 Å². The normalized spacial score (nSPS) is 19.4. The van der Waals surface area contributed by atoms with Crippen LogP contribution in [0.2, 0.25) is 0 Å². The predicted molar refractivity (Wildman–Crippen MR) is 63.0 cm³/mol. The van der Waals surface area contributed by atoms with Gasteiger partial charge in [0.25, 0.3) is 0 Å². The Morgan fingerprint density at radius 3 is 3.12 bits per heavy atom. The Labute approximate surface area is 93.9 Å². The summed E-state index contributed by atoms with van der Waals surface area (Å²) < 4.78 is 0. The van der Waals surface area contributed by atoms with E-state index in [0.717, 1.165) is 30.3 Å². The first-order valence-corrected chi connectivity index (χ1v) is 5.57. The summed E-state index contributed by atoms with van der Waals surface area (Å²) in [6.07, 6.45) is 2.95. The summed E-state index contributed by atoms with van der Waals surface area (Å²) in [6.45, 7) is 0. The third-order valence-electron chi connectivity index (χ3n) is 3.38. The molecule has 3 N–H and O–H groups in total. The minimum Gasteiger partial charge on any atom is -0.357 e. The topological polar surface area (TPSA) is 65.6 Å². The molecule has 3 heteroatoms. The quantitative estimate of drug-likeness (QED) is 0.698. The van der Waals surface area contributed by atoms with Crippen molar-refractivity contribution in [1.82, 2.24) is 4.98 Å². The molecular weight excluding hydrogens is 198 g/mol. The molecule has 0 aliphatic heterocycles. The second-order valence-corrected chi connectivity index (χ2v) is 4.42. The Kier molecular flexibility index (Phi) is 1.98. The molecule has 1 aromatic carbocycles. The molecule has 80 valence electrons. The van der Waals surface area contributed by atoms with Gasteiger partial charge in [0.05, 0.1) is 11.1 Å². The molecule has 1 heterocycles. The number of aryl methyl sites for hydroxylation is 1. The SMILES string of the molecule is N#Cc1cccc2c3c([nH]c12)CCC(N)C3. The van der Waals surface area contributed by atoms with Crippen LogP contribution in [0.4, 0.5) is 0 Å². The molecule has 3 rings (SSSR count). The van der Waals surface area contributed by atoms with Crippen molar-refractivity contribution >= 4 is 10.9 Å². The third-order valence-corrected chi connectivity index (χ3v) is 3.38. The average Bonchev–Trinajstić information content (AvgIpc) is 2.67. The second kappa shape index (κ2) is 3.36. The van der Waals surface area contributed by atoms with Gasteiger partial charge in [-0.05, 0) is 30.9 Å². The minimum atomic E-state index is 0.261. The van der Waals surface area contributed by atoms with Crippen LogP contribution in [-0.2, 0) is 12.8 Å². The smallest absolute Gasteiger partial charge is 0.101 e. The van der Waals surface area contributed by atoms with Crippen LogP contribution in [0.1, 0.15) is 23.2 Å². The number of rotatable bonds is 0. The van der Waals surface area contributed by atoms with Crippen LogP contribution in [0.3, 0.4) is 0 Å². The molecule has 1 aliphatic carbocycles. The summed E-state index contributed by atoms with van der Waals surface area (Å²) in [5.41, 5.74) is 10.3. The zero-order chi connectivity index (χ0) is 11.1. The largest absolute Gasteiger partial charge is 0.357 e. The average molecular weight is 211 g/mol. The fraction of sp³-hybridized carbons (Fsp3) is 0.308. The highest BCUT2D eigenvalue weighted by atomic mass is 14.7. The van der Waals surface area contributed by atoms with Gasteiger partial charge in [0.1, 0.15) is 6.07 Å². The minimum absolute atomic E-state index is 0.261. The number of para-hydroxylation sites is 1. The number of nitriles is 1. The molecule has 16 heavy (non-hydrogen) atoms. The Hall–Kier alpha value is -1.79. The zero-order valence-corrected chi connectivity index (χ0v) is 8.96. The van der Waals surface area contributed by atoms with Crippen molar-refractivity contribution in [3.8, 4) is 6.07 Å². The Balaban J connectivity index is 2.30. The van der Waals surface area contributed by atoms with E-state index in [0.29, 0.717) is 0 Å². The molecule has 1 aliphatic rings. The van der Waals surface area contributed by atoms with Crippen LogP contribution < -0.4 is 5.73 Å². The van der Waals surface area contributed by atoms with Crippen LogP contribution in [0, 0.1) is 11.3 Å². The maximum absolute atomic E-state index is 9.05. The zero-order valence-electron chi connectivity index (χ0n) is 8.96. The molecule has 0 fully saturated rings. The van der Waals surface area contributed by atoms with Gasteiger partial charge in [-0.3, -0.25) is 0 Å². The van der Waals surface area contributed by atoms with Crippen LogP contribution in [0.15, 0.2) is 18.2 Å². The van der Waals surface area contributed by atoms with Gasteiger partial charge in [0.15, 0.2) is 0 Å². The fourth-order valence-corrected chi connectivity index (χ4v) is 2.56. The van der Waals surface area contributed by atoms with E-state index in [9.17, 15) is 0 Å². The van der Waals surface area contributed by atoms with E-state index < -0.39 is 0 Å². The molecule has 0 amide bonds. The highest BCUT2D eigenvalue weighted by Crippen LogP contribution is 2.30. The summed E-state index contributed by atoms with van der Waals surface area (Å²) in [5, 5.41) is 10.2. The summed E-state index contributed by atoms with van der Waals surface area (Å²) in [7, 11) is 0. The van der Waals surface area contributed by atoms with Crippen molar-refractivity contribution in [3.05, 3.63) is 35.0 Å². The lowest BCUT2D eigenvalue weighted by Crippen LogP contribution is -2.27. The Morgan fingerprint density at radius 2 is 2.31 bits per heavy atom. The number of nitrogens with two attached hydrogens (primary N) is 1. The molecule has 1 aromatic heterocycles. The predicted octanol–water partition coefficient (Wildman–Crippen LogP) is 1.86. The number of hydrogen-bond acceptors (Lipinski definition) is 2.